The van der Waals surface area contributed by atoms with Gasteiger partial charge in [-0.15, -0.1) is 0 Å². The van der Waals surface area contributed by atoms with Crippen LogP contribution in [-0.2, 0) is 22.6 Å². The second-order valence-corrected chi connectivity index (χ2v) is 6.10. The molecule has 134 valence electrons. The number of carbonyl (C=O) groups excluding carboxylic acids is 1. The SMILES string of the molecule is COCCOCc1cccc(NC(=O)N(C)Cc2cccc(Cl)c2)c1. The standard InChI is InChI=1S/C19H23ClN2O3/c1-22(13-15-5-3-7-17(20)11-15)19(23)21-18-8-4-6-16(12-18)14-25-10-9-24-2/h3-8,11-12H,9-10,13-14H2,1-2H3,(H,21,23). The van der Waals surface area contributed by atoms with Gasteiger partial charge in [0, 0.05) is 31.4 Å². The number of hydrogen-bond donors (Lipinski definition) is 1. The Bertz CT molecular complexity index is 694. The molecule has 2 rings (SSSR count). The summed E-state index contributed by atoms with van der Waals surface area (Å²) in [6.45, 7) is 2.05. The van der Waals surface area contributed by atoms with Crippen LogP contribution in [0.1, 0.15) is 11.1 Å². The van der Waals surface area contributed by atoms with E-state index in [1.54, 1.807) is 19.1 Å². The maximum absolute atomic E-state index is 12.3. The van der Waals surface area contributed by atoms with Crippen LogP contribution in [0.2, 0.25) is 5.02 Å². The Labute approximate surface area is 153 Å². The Kier molecular flexibility index (Phi) is 7.73. The number of urea groups is 1. The van der Waals surface area contributed by atoms with Crippen LogP contribution in [0, 0.1) is 0 Å². The highest BCUT2D eigenvalue weighted by atomic mass is 35.5. The topological polar surface area (TPSA) is 50.8 Å². The fourth-order valence-corrected chi connectivity index (χ4v) is 2.48. The molecule has 0 radical (unpaired) electrons. The smallest absolute Gasteiger partial charge is 0.321 e. The summed E-state index contributed by atoms with van der Waals surface area (Å²) in [6, 6.07) is 14.9. The molecule has 5 nitrogen and oxygen atoms in total. The van der Waals surface area contributed by atoms with Gasteiger partial charge in [0.2, 0.25) is 0 Å². The van der Waals surface area contributed by atoms with E-state index in [0.29, 0.717) is 31.4 Å². The molecule has 0 unspecified atom stereocenters. The van der Waals surface area contributed by atoms with E-state index >= 15 is 0 Å². The third kappa shape index (κ3) is 6.74. The quantitative estimate of drug-likeness (QED) is 0.717. The molecule has 2 amide bonds. The number of rotatable bonds is 8. The average molecular weight is 363 g/mol. The Morgan fingerprint density at radius 3 is 2.64 bits per heavy atom. The number of ether oxygens (including phenoxy) is 2. The normalized spacial score (nSPS) is 10.5. The van der Waals surface area contributed by atoms with Crippen molar-refractivity contribution in [2.24, 2.45) is 0 Å². The highest BCUT2D eigenvalue weighted by molar-refractivity contribution is 6.30. The van der Waals surface area contributed by atoms with Crippen molar-refractivity contribution in [2.45, 2.75) is 13.2 Å². The van der Waals surface area contributed by atoms with Gasteiger partial charge in [0.1, 0.15) is 0 Å². The van der Waals surface area contributed by atoms with Crippen LogP contribution in [0.5, 0.6) is 0 Å². The number of halogens is 1. The second kappa shape index (κ2) is 10.0. The fraction of sp³-hybridized carbons (Fsp3) is 0.316. The molecule has 25 heavy (non-hydrogen) atoms. The minimum absolute atomic E-state index is 0.183. The van der Waals surface area contributed by atoms with E-state index in [9.17, 15) is 4.79 Å². The van der Waals surface area contributed by atoms with Crippen molar-refractivity contribution in [1.29, 1.82) is 0 Å². The predicted molar refractivity (Wildman–Crippen MR) is 99.9 cm³/mol. The van der Waals surface area contributed by atoms with Crippen LogP contribution in [0.4, 0.5) is 10.5 Å². The zero-order valence-electron chi connectivity index (χ0n) is 14.5. The van der Waals surface area contributed by atoms with Gasteiger partial charge in [-0.05, 0) is 35.4 Å². The van der Waals surface area contributed by atoms with Crippen molar-refractivity contribution in [1.82, 2.24) is 4.90 Å². The van der Waals surface area contributed by atoms with E-state index in [0.717, 1.165) is 16.8 Å². The van der Waals surface area contributed by atoms with Gasteiger partial charge in [0.25, 0.3) is 0 Å². The van der Waals surface area contributed by atoms with E-state index in [4.69, 9.17) is 21.1 Å². The lowest BCUT2D eigenvalue weighted by atomic mass is 10.2. The summed E-state index contributed by atoms with van der Waals surface area (Å²) < 4.78 is 10.4. The molecule has 0 saturated heterocycles. The molecule has 6 heteroatoms. The van der Waals surface area contributed by atoms with Crippen LogP contribution in [0.25, 0.3) is 0 Å². The zero-order valence-corrected chi connectivity index (χ0v) is 15.3. The summed E-state index contributed by atoms with van der Waals surface area (Å²) in [5.74, 6) is 0. The van der Waals surface area contributed by atoms with Gasteiger partial charge in [-0.2, -0.15) is 0 Å². The molecule has 0 bridgehead atoms. The molecule has 2 aromatic carbocycles. The Morgan fingerprint density at radius 2 is 1.88 bits per heavy atom. The lowest BCUT2D eigenvalue weighted by Gasteiger charge is -2.18. The van der Waals surface area contributed by atoms with E-state index in [-0.39, 0.29) is 6.03 Å². The summed E-state index contributed by atoms with van der Waals surface area (Å²) in [5.41, 5.74) is 2.70. The maximum atomic E-state index is 12.3. The minimum Gasteiger partial charge on any atom is -0.382 e. The van der Waals surface area contributed by atoms with Gasteiger partial charge >= 0.3 is 6.03 Å². The lowest BCUT2D eigenvalue weighted by molar-refractivity contribution is 0.0617. The predicted octanol–water partition coefficient (Wildman–Crippen LogP) is 4.17. The highest BCUT2D eigenvalue weighted by Crippen LogP contribution is 2.15. The molecule has 1 N–H and O–H groups in total. The first-order chi connectivity index (χ1) is 12.1. The van der Waals surface area contributed by atoms with Crippen molar-refractivity contribution in [3.8, 4) is 0 Å². The number of amides is 2. The maximum Gasteiger partial charge on any atom is 0.321 e. The Morgan fingerprint density at radius 1 is 1.12 bits per heavy atom. The number of nitrogens with zero attached hydrogens (tertiary/aromatic N) is 1. The van der Waals surface area contributed by atoms with Crippen LogP contribution in [0.3, 0.4) is 0 Å². The first-order valence-electron chi connectivity index (χ1n) is 8.00. The number of benzene rings is 2. The van der Waals surface area contributed by atoms with Gasteiger partial charge < -0.3 is 19.7 Å². The average Bonchev–Trinajstić information content (AvgIpc) is 2.59. The molecule has 0 heterocycles. The van der Waals surface area contributed by atoms with Crippen LogP contribution in [-0.4, -0.2) is 38.3 Å². The third-order valence-corrected chi connectivity index (χ3v) is 3.77. The molecule has 0 aliphatic heterocycles. The first-order valence-corrected chi connectivity index (χ1v) is 8.38. The van der Waals surface area contributed by atoms with Gasteiger partial charge in [0.15, 0.2) is 0 Å². The van der Waals surface area contributed by atoms with Gasteiger partial charge in [0.05, 0.1) is 19.8 Å². The summed E-state index contributed by atoms with van der Waals surface area (Å²) in [7, 11) is 3.38. The lowest BCUT2D eigenvalue weighted by Crippen LogP contribution is -2.30. The molecule has 0 spiro atoms. The van der Waals surface area contributed by atoms with Gasteiger partial charge in [-0.1, -0.05) is 35.9 Å². The number of nitrogens with one attached hydrogen (secondary N) is 1. The second-order valence-electron chi connectivity index (χ2n) is 5.66. The summed E-state index contributed by atoms with van der Waals surface area (Å²) >= 11 is 5.98. The van der Waals surface area contributed by atoms with Crippen LogP contribution in [0.15, 0.2) is 48.5 Å². The summed E-state index contributed by atoms with van der Waals surface area (Å²) in [4.78, 5) is 14.0. The number of methoxy groups -OCH3 is 1. The van der Waals surface area contributed by atoms with Crippen molar-refractivity contribution >= 4 is 23.3 Å². The molecule has 0 aliphatic carbocycles. The molecule has 2 aromatic rings. The number of hydrogen-bond acceptors (Lipinski definition) is 3. The van der Waals surface area contributed by atoms with Gasteiger partial charge in [-0.25, -0.2) is 4.79 Å². The van der Waals surface area contributed by atoms with Crippen molar-refractivity contribution in [3.05, 3.63) is 64.7 Å². The number of anilines is 1. The van der Waals surface area contributed by atoms with Crippen molar-refractivity contribution in [3.63, 3.8) is 0 Å². The fourth-order valence-electron chi connectivity index (χ4n) is 2.27. The first kappa shape index (κ1) is 19.2. The summed E-state index contributed by atoms with van der Waals surface area (Å²) in [5, 5.41) is 3.55. The van der Waals surface area contributed by atoms with Crippen LogP contribution >= 0.6 is 11.6 Å². The van der Waals surface area contributed by atoms with E-state index < -0.39 is 0 Å². The molecule has 0 aromatic heterocycles. The van der Waals surface area contributed by atoms with E-state index in [1.165, 1.54) is 0 Å². The number of carbonyl (C=O) groups is 1. The van der Waals surface area contributed by atoms with Crippen LogP contribution < -0.4 is 5.32 Å². The van der Waals surface area contributed by atoms with Crippen molar-refractivity contribution < 1.29 is 14.3 Å². The molecular formula is C19H23ClN2O3. The largest absolute Gasteiger partial charge is 0.382 e. The molecular weight excluding hydrogens is 340 g/mol. The molecule has 0 atom stereocenters. The molecule has 0 saturated carbocycles. The third-order valence-electron chi connectivity index (χ3n) is 3.53. The highest BCUT2D eigenvalue weighted by Gasteiger charge is 2.10. The Hall–Kier alpha value is -2.08. The van der Waals surface area contributed by atoms with Gasteiger partial charge in [-0.3, -0.25) is 0 Å². The zero-order chi connectivity index (χ0) is 18.1. The van der Waals surface area contributed by atoms with Crippen molar-refractivity contribution in [2.75, 3.05) is 32.7 Å². The molecule has 0 aliphatic rings. The summed E-state index contributed by atoms with van der Waals surface area (Å²) in [6.07, 6.45) is 0. The monoisotopic (exact) mass is 362 g/mol. The minimum atomic E-state index is -0.183. The Balaban J connectivity index is 1.88. The molecule has 0 fully saturated rings. The van der Waals surface area contributed by atoms with E-state index in [2.05, 4.69) is 5.32 Å². The van der Waals surface area contributed by atoms with E-state index in [1.807, 2.05) is 48.5 Å².